The van der Waals surface area contributed by atoms with E-state index in [1.165, 1.54) is 0 Å². The summed E-state index contributed by atoms with van der Waals surface area (Å²) >= 11 is 6.01. The first kappa shape index (κ1) is 20.3. The number of amides is 1. The van der Waals surface area contributed by atoms with Crippen LogP contribution in [-0.2, 0) is 20.4 Å². The molecule has 5 nitrogen and oxygen atoms in total. The Bertz CT molecular complexity index is 719. The lowest BCUT2D eigenvalue weighted by Crippen LogP contribution is -2.51. The Morgan fingerprint density at radius 1 is 1.26 bits per heavy atom. The molecule has 2 unspecified atom stereocenters. The minimum atomic E-state index is -0.951. The van der Waals surface area contributed by atoms with Crippen LogP contribution in [0.2, 0.25) is 5.02 Å². The molecule has 1 amide bonds. The fourth-order valence-electron chi connectivity index (χ4n) is 3.88. The summed E-state index contributed by atoms with van der Waals surface area (Å²) in [5.41, 5.74) is 0.997. The minimum absolute atomic E-state index is 0.122. The number of benzene rings is 1. The van der Waals surface area contributed by atoms with Gasteiger partial charge in [0.15, 0.2) is 0 Å². The number of halogens is 1. The zero-order chi connectivity index (χ0) is 19.6. The van der Waals surface area contributed by atoms with Gasteiger partial charge in [0.1, 0.15) is 0 Å². The molecule has 4 atom stereocenters. The third-order valence-electron chi connectivity index (χ3n) is 5.52. The third kappa shape index (κ3) is 4.91. The maximum atomic E-state index is 13.2. The van der Waals surface area contributed by atoms with Crippen molar-refractivity contribution >= 4 is 34.3 Å². The fourth-order valence-corrected chi connectivity index (χ4v) is 5.72. The number of piperidine rings is 1. The molecular formula is C20H26ClNO4S. The van der Waals surface area contributed by atoms with Crippen LogP contribution in [0.1, 0.15) is 57.1 Å². The molecule has 0 aromatic heterocycles. The number of likely N-dealkylation sites (tertiary alicyclic amines) is 1. The van der Waals surface area contributed by atoms with E-state index in [2.05, 4.69) is 0 Å². The molecule has 0 radical (unpaired) electrons. The van der Waals surface area contributed by atoms with Crippen molar-refractivity contribution in [3.8, 4) is 0 Å². The summed E-state index contributed by atoms with van der Waals surface area (Å²) in [5, 5.41) is 10.1. The first-order valence-corrected chi connectivity index (χ1v) is 11.3. The molecule has 1 saturated carbocycles. The van der Waals surface area contributed by atoms with Crippen LogP contribution < -0.4 is 0 Å². The first-order valence-electron chi connectivity index (χ1n) is 9.57. The van der Waals surface area contributed by atoms with Crippen molar-refractivity contribution in [1.82, 2.24) is 4.90 Å². The van der Waals surface area contributed by atoms with E-state index in [1.54, 1.807) is 0 Å². The maximum absolute atomic E-state index is 13.2. The number of carbonyl (C=O) groups excluding carboxylic acids is 1. The lowest BCUT2D eigenvalue weighted by Gasteiger charge is -2.44. The minimum Gasteiger partial charge on any atom is -0.481 e. The molecule has 1 saturated heterocycles. The standard InChI is InChI=1S/C20H26ClNO4S/c1-2-16(12-27(26)17-8-9-17)22-18(13-3-6-15(21)7-4-13)10-5-14(20(22)25)11-19(23)24/h3-4,6-7,14,16-18H,2,5,8-12H2,1H3,(H,23,24)/t14-,16+,18?,27?/m1/s1. The lowest BCUT2D eigenvalue weighted by atomic mass is 9.85. The highest BCUT2D eigenvalue weighted by Gasteiger charge is 2.41. The van der Waals surface area contributed by atoms with E-state index >= 15 is 0 Å². The Labute approximate surface area is 167 Å². The largest absolute Gasteiger partial charge is 0.481 e. The van der Waals surface area contributed by atoms with Gasteiger partial charge in [-0.3, -0.25) is 13.8 Å². The molecule has 1 aromatic carbocycles. The molecule has 1 N–H and O–H groups in total. The molecule has 0 bridgehead atoms. The van der Waals surface area contributed by atoms with Gasteiger partial charge in [0, 0.05) is 38.8 Å². The van der Waals surface area contributed by atoms with Crippen molar-refractivity contribution in [2.24, 2.45) is 5.92 Å². The number of carboxylic acids is 1. The van der Waals surface area contributed by atoms with Gasteiger partial charge in [-0.25, -0.2) is 0 Å². The van der Waals surface area contributed by atoms with Crippen molar-refractivity contribution in [3.05, 3.63) is 34.9 Å². The van der Waals surface area contributed by atoms with Crippen molar-refractivity contribution in [3.63, 3.8) is 0 Å². The van der Waals surface area contributed by atoms with Gasteiger partial charge in [0.25, 0.3) is 0 Å². The van der Waals surface area contributed by atoms with Gasteiger partial charge in [-0.1, -0.05) is 30.7 Å². The molecule has 3 rings (SSSR count). The highest BCUT2D eigenvalue weighted by atomic mass is 35.5. The summed E-state index contributed by atoms with van der Waals surface area (Å²) in [7, 11) is -0.935. The number of rotatable bonds is 8. The lowest BCUT2D eigenvalue weighted by molar-refractivity contribution is -0.150. The smallest absolute Gasteiger partial charge is 0.304 e. The molecule has 2 fully saturated rings. The van der Waals surface area contributed by atoms with Gasteiger partial charge in [-0.05, 0) is 49.8 Å². The Morgan fingerprint density at radius 2 is 1.93 bits per heavy atom. The van der Waals surface area contributed by atoms with Gasteiger partial charge in [0.05, 0.1) is 12.5 Å². The van der Waals surface area contributed by atoms with E-state index in [0.29, 0.717) is 30.0 Å². The second kappa shape index (κ2) is 8.74. The average molecular weight is 412 g/mol. The number of carbonyl (C=O) groups is 2. The number of hydrogen-bond donors (Lipinski definition) is 1. The highest BCUT2D eigenvalue weighted by molar-refractivity contribution is 7.86. The van der Waals surface area contributed by atoms with E-state index in [1.807, 2.05) is 36.1 Å². The second-order valence-corrected chi connectivity index (χ2v) is 9.69. The van der Waals surface area contributed by atoms with E-state index in [-0.39, 0.29) is 29.7 Å². The zero-order valence-electron chi connectivity index (χ0n) is 15.5. The number of nitrogens with zero attached hydrogens (tertiary/aromatic N) is 1. The number of carboxylic acid groups (broad SMARTS) is 1. The summed E-state index contributed by atoms with van der Waals surface area (Å²) in [6, 6.07) is 7.21. The molecule has 148 valence electrons. The van der Waals surface area contributed by atoms with Gasteiger partial charge in [0.2, 0.25) is 5.91 Å². The molecular weight excluding hydrogens is 386 g/mol. The van der Waals surface area contributed by atoms with Crippen LogP contribution in [0.15, 0.2) is 24.3 Å². The third-order valence-corrected chi connectivity index (χ3v) is 7.70. The summed E-state index contributed by atoms with van der Waals surface area (Å²) < 4.78 is 12.5. The van der Waals surface area contributed by atoms with Gasteiger partial charge in [-0.15, -0.1) is 0 Å². The molecule has 1 heterocycles. The van der Waals surface area contributed by atoms with Gasteiger partial charge < -0.3 is 10.0 Å². The molecule has 0 spiro atoms. The van der Waals surface area contributed by atoms with Crippen LogP contribution >= 0.6 is 11.6 Å². The summed E-state index contributed by atoms with van der Waals surface area (Å²) in [5.74, 6) is -1.11. The van der Waals surface area contributed by atoms with E-state index in [4.69, 9.17) is 11.6 Å². The summed E-state index contributed by atoms with van der Waals surface area (Å²) in [6.07, 6.45) is 3.81. The average Bonchev–Trinajstić information content (AvgIpc) is 3.47. The SMILES string of the molecule is CC[C@@H](CS(=O)C1CC1)N1C(=O)[C@@H](CC(=O)O)CCC1c1ccc(Cl)cc1. The van der Waals surface area contributed by atoms with Crippen LogP contribution in [0.25, 0.3) is 0 Å². The van der Waals surface area contributed by atoms with Crippen LogP contribution in [0.5, 0.6) is 0 Å². The fraction of sp³-hybridized carbons (Fsp3) is 0.600. The van der Waals surface area contributed by atoms with E-state index < -0.39 is 22.7 Å². The number of aliphatic carboxylic acids is 1. The Morgan fingerprint density at radius 3 is 2.48 bits per heavy atom. The van der Waals surface area contributed by atoms with Crippen LogP contribution in [0.3, 0.4) is 0 Å². The number of hydrogen-bond acceptors (Lipinski definition) is 3. The molecule has 1 aromatic rings. The van der Waals surface area contributed by atoms with Crippen molar-refractivity contribution < 1.29 is 18.9 Å². The molecule has 1 aliphatic carbocycles. The van der Waals surface area contributed by atoms with E-state index in [9.17, 15) is 18.9 Å². The molecule has 2 aliphatic rings. The zero-order valence-corrected chi connectivity index (χ0v) is 17.0. The van der Waals surface area contributed by atoms with Crippen molar-refractivity contribution in [2.45, 2.75) is 62.8 Å². The second-order valence-electron chi connectivity index (χ2n) is 7.49. The quantitative estimate of drug-likeness (QED) is 0.706. The first-order chi connectivity index (χ1) is 12.9. The Kier molecular flexibility index (Phi) is 6.58. The van der Waals surface area contributed by atoms with Crippen molar-refractivity contribution in [2.75, 3.05) is 5.75 Å². The molecule has 27 heavy (non-hydrogen) atoms. The summed E-state index contributed by atoms with van der Waals surface area (Å²) in [4.78, 5) is 26.2. The van der Waals surface area contributed by atoms with Gasteiger partial charge >= 0.3 is 5.97 Å². The molecule has 7 heteroatoms. The topological polar surface area (TPSA) is 74.7 Å². The normalized spacial score (nSPS) is 25.3. The summed E-state index contributed by atoms with van der Waals surface area (Å²) in [6.45, 7) is 2.00. The highest BCUT2D eigenvalue weighted by Crippen LogP contribution is 2.39. The molecule has 1 aliphatic heterocycles. The van der Waals surface area contributed by atoms with Crippen LogP contribution in [0.4, 0.5) is 0 Å². The van der Waals surface area contributed by atoms with E-state index in [0.717, 1.165) is 18.4 Å². The Balaban J connectivity index is 1.88. The Hall–Kier alpha value is -1.40. The maximum Gasteiger partial charge on any atom is 0.304 e. The van der Waals surface area contributed by atoms with Gasteiger partial charge in [-0.2, -0.15) is 0 Å². The monoisotopic (exact) mass is 411 g/mol. The van der Waals surface area contributed by atoms with Crippen LogP contribution in [-0.4, -0.2) is 43.1 Å². The predicted octanol–water partition coefficient (Wildman–Crippen LogP) is 3.78. The van der Waals surface area contributed by atoms with Crippen molar-refractivity contribution in [1.29, 1.82) is 0 Å². The van der Waals surface area contributed by atoms with Crippen LogP contribution in [0, 0.1) is 5.92 Å². The predicted molar refractivity (Wildman–Crippen MR) is 106 cm³/mol.